The quantitative estimate of drug-likeness (QED) is 0.662. The highest BCUT2D eigenvalue weighted by atomic mass is 35.5. The molecule has 148 valence electrons. The molecule has 0 aliphatic carbocycles. The molecule has 7 nitrogen and oxygen atoms in total. The Balaban J connectivity index is 1.76. The average Bonchev–Trinajstić information content (AvgIpc) is 3.23. The number of likely N-dealkylation sites (tertiary alicyclic amines) is 1. The van der Waals surface area contributed by atoms with Gasteiger partial charge in [0.25, 0.3) is 0 Å². The van der Waals surface area contributed by atoms with E-state index in [4.69, 9.17) is 17.3 Å². The highest BCUT2D eigenvalue weighted by molar-refractivity contribution is 7.17. The van der Waals surface area contributed by atoms with Gasteiger partial charge in [-0.1, -0.05) is 48.1 Å². The molecule has 1 atom stereocenters. The third-order valence-corrected chi connectivity index (χ3v) is 6.72. The third-order valence-electron chi connectivity index (χ3n) is 5.31. The van der Waals surface area contributed by atoms with Crippen LogP contribution in [-0.2, 0) is 11.2 Å². The lowest BCUT2D eigenvalue weighted by Crippen LogP contribution is -2.40. The molecule has 2 aromatic heterocycles. The van der Waals surface area contributed by atoms with Gasteiger partial charge in [0.1, 0.15) is 0 Å². The standard InChI is InChI=1S/C19H22ClN5O2S/c1-2-14-22-19-25(23-14)18(27)16(28-19)15(12-5-3-4-6-13(12)20)24-9-7-11(8-10-24)17(21)26/h3-6,11,15,27H,2,7-10H2,1H3,(H2,21,26). The number of thiazole rings is 1. The Morgan fingerprint density at radius 3 is 2.71 bits per heavy atom. The van der Waals surface area contributed by atoms with Crippen molar-refractivity contribution in [2.24, 2.45) is 11.7 Å². The van der Waals surface area contributed by atoms with Crippen LogP contribution in [0.3, 0.4) is 0 Å². The molecule has 1 saturated heterocycles. The Labute approximate surface area is 171 Å². The molecule has 0 radical (unpaired) electrons. The number of carbonyl (C=O) groups is 1. The van der Waals surface area contributed by atoms with Gasteiger partial charge in [0.15, 0.2) is 5.82 Å². The maximum Gasteiger partial charge on any atom is 0.230 e. The first-order valence-electron chi connectivity index (χ1n) is 9.34. The van der Waals surface area contributed by atoms with Crippen molar-refractivity contribution >= 4 is 33.8 Å². The Hall–Kier alpha value is -2.16. The number of rotatable bonds is 5. The predicted molar refractivity (Wildman–Crippen MR) is 109 cm³/mol. The SMILES string of the molecule is CCc1nc2sc(C(c3ccccc3Cl)N3CCC(C(N)=O)CC3)c(O)n2n1. The zero-order chi connectivity index (χ0) is 19.8. The molecule has 1 amide bonds. The Morgan fingerprint density at radius 1 is 1.39 bits per heavy atom. The number of hydrogen-bond acceptors (Lipinski definition) is 6. The van der Waals surface area contributed by atoms with Crippen molar-refractivity contribution in [3.63, 3.8) is 0 Å². The van der Waals surface area contributed by atoms with Crippen LogP contribution in [0.15, 0.2) is 24.3 Å². The predicted octanol–water partition coefficient (Wildman–Crippen LogP) is 3.00. The van der Waals surface area contributed by atoms with Crippen molar-refractivity contribution < 1.29 is 9.90 Å². The van der Waals surface area contributed by atoms with Crippen LogP contribution in [0.25, 0.3) is 4.96 Å². The third kappa shape index (κ3) is 3.36. The van der Waals surface area contributed by atoms with E-state index in [0.717, 1.165) is 10.4 Å². The van der Waals surface area contributed by atoms with E-state index in [2.05, 4.69) is 15.0 Å². The van der Waals surface area contributed by atoms with E-state index in [-0.39, 0.29) is 23.7 Å². The number of aromatic nitrogens is 3. The van der Waals surface area contributed by atoms with Gasteiger partial charge in [0.2, 0.25) is 16.7 Å². The second-order valence-corrected chi connectivity index (χ2v) is 8.42. The lowest BCUT2D eigenvalue weighted by molar-refractivity contribution is -0.123. The Bertz CT molecular complexity index is 1010. The number of aromatic hydroxyl groups is 1. The molecule has 3 aromatic rings. The monoisotopic (exact) mass is 419 g/mol. The van der Waals surface area contributed by atoms with Gasteiger partial charge in [-0.25, -0.2) is 4.98 Å². The maximum absolute atomic E-state index is 11.5. The molecule has 3 N–H and O–H groups in total. The summed E-state index contributed by atoms with van der Waals surface area (Å²) in [5.74, 6) is 0.438. The maximum atomic E-state index is 11.5. The number of hydrogen-bond donors (Lipinski definition) is 2. The molecule has 1 aliphatic rings. The minimum atomic E-state index is -0.248. The number of benzene rings is 1. The van der Waals surface area contributed by atoms with Crippen LogP contribution in [0, 0.1) is 5.92 Å². The second-order valence-electron chi connectivity index (χ2n) is 7.00. The van der Waals surface area contributed by atoms with Crippen LogP contribution < -0.4 is 5.73 Å². The van der Waals surface area contributed by atoms with Crippen molar-refractivity contribution in [1.29, 1.82) is 0 Å². The smallest absolute Gasteiger partial charge is 0.230 e. The molecule has 0 bridgehead atoms. The van der Waals surface area contributed by atoms with E-state index in [1.165, 1.54) is 15.9 Å². The van der Waals surface area contributed by atoms with Gasteiger partial charge in [0.05, 0.1) is 10.9 Å². The van der Waals surface area contributed by atoms with Crippen LogP contribution >= 0.6 is 22.9 Å². The molecule has 0 saturated carbocycles. The van der Waals surface area contributed by atoms with Gasteiger partial charge in [-0.3, -0.25) is 9.69 Å². The Morgan fingerprint density at radius 2 is 2.11 bits per heavy atom. The number of fused-ring (bicyclic) bond motifs is 1. The fourth-order valence-electron chi connectivity index (χ4n) is 3.76. The van der Waals surface area contributed by atoms with E-state index in [1.54, 1.807) is 0 Å². The van der Waals surface area contributed by atoms with E-state index < -0.39 is 0 Å². The summed E-state index contributed by atoms with van der Waals surface area (Å²) in [6.45, 7) is 3.36. The normalized spacial score (nSPS) is 17.2. The van der Waals surface area contributed by atoms with Crippen molar-refractivity contribution in [3.05, 3.63) is 45.6 Å². The molecule has 28 heavy (non-hydrogen) atoms. The molecule has 1 aromatic carbocycles. The van der Waals surface area contributed by atoms with Gasteiger partial charge in [-0.05, 0) is 37.6 Å². The first-order valence-corrected chi connectivity index (χ1v) is 10.5. The molecule has 3 heterocycles. The highest BCUT2D eigenvalue weighted by Gasteiger charge is 2.34. The molecule has 1 aliphatic heterocycles. The van der Waals surface area contributed by atoms with Gasteiger partial charge >= 0.3 is 0 Å². The van der Waals surface area contributed by atoms with Gasteiger partial charge in [0, 0.05) is 17.4 Å². The lowest BCUT2D eigenvalue weighted by Gasteiger charge is -2.36. The minimum absolute atomic E-state index is 0.0918. The van der Waals surface area contributed by atoms with Crippen LogP contribution in [0.1, 0.15) is 42.1 Å². The van der Waals surface area contributed by atoms with Crippen molar-refractivity contribution in [1.82, 2.24) is 19.5 Å². The van der Waals surface area contributed by atoms with Crippen LogP contribution in [-0.4, -0.2) is 43.6 Å². The molecular weight excluding hydrogens is 398 g/mol. The van der Waals surface area contributed by atoms with E-state index in [9.17, 15) is 9.90 Å². The van der Waals surface area contributed by atoms with Crippen LogP contribution in [0.2, 0.25) is 5.02 Å². The average molecular weight is 420 g/mol. The molecule has 1 fully saturated rings. The van der Waals surface area contributed by atoms with Crippen molar-refractivity contribution in [2.75, 3.05) is 13.1 Å². The summed E-state index contributed by atoms with van der Waals surface area (Å²) in [6, 6.07) is 7.41. The zero-order valence-electron chi connectivity index (χ0n) is 15.5. The summed E-state index contributed by atoms with van der Waals surface area (Å²) in [7, 11) is 0. The van der Waals surface area contributed by atoms with E-state index >= 15 is 0 Å². The van der Waals surface area contributed by atoms with Crippen LogP contribution in [0.4, 0.5) is 0 Å². The largest absolute Gasteiger partial charge is 0.492 e. The van der Waals surface area contributed by atoms with Gasteiger partial charge in [-0.2, -0.15) is 4.52 Å². The lowest BCUT2D eigenvalue weighted by atomic mass is 9.93. The molecule has 4 rings (SSSR count). The number of nitrogens with two attached hydrogens (primary N) is 1. The summed E-state index contributed by atoms with van der Waals surface area (Å²) in [5, 5.41) is 15.9. The number of carbonyl (C=O) groups excluding carboxylic acids is 1. The summed E-state index contributed by atoms with van der Waals surface area (Å²) in [4.78, 5) is 19.7. The minimum Gasteiger partial charge on any atom is -0.492 e. The molecule has 9 heteroatoms. The van der Waals surface area contributed by atoms with E-state index in [0.29, 0.717) is 48.2 Å². The highest BCUT2D eigenvalue weighted by Crippen LogP contribution is 2.43. The van der Waals surface area contributed by atoms with Gasteiger partial charge in [-0.15, -0.1) is 5.10 Å². The number of halogens is 1. The Kier molecular flexibility index (Phi) is 5.27. The number of amides is 1. The fraction of sp³-hybridized carbons (Fsp3) is 0.421. The summed E-state index contributed by atoms with van der Waals surface area (Å²) < 4.78 is 1.50. The zero-order valence-corrected chi connectivity index (χ0v) is 17.1. The first-order chi connectivity index (χ1) is 13.5. The van der Waals surface area contributed by atoms with E-state index in [1.807, 2.05) is 31.2 Å². The fourth-order valence-corrected chi connectivity index (χ4v) is 5.13. The molecular formula is C19H22ClN5O2S. The number of piperidine rings is 1. The molecule has 0 spiro atoms. The summed E-state index contributed by atoms with van der Waals surface area (Å²) in [6.07, 6.45) is 2.09. The molecule has 1 unspecified atom stereocenters. The number of nitrogens with zero attached hydrogens (tertiary/aromatic N) is 4. The van der Waals surface area contributed by atoms with Crippen LogP contribution in [0.5, 0.6) is 5.88 Å². The number of aryl methyl sites for hydroxylation is 1. The topological polar surface area (TPSA) is 96.8 Å². The second kappa shape index (κ2) is 7.69. The van der Waals surface area contributed by atoms with Crippen molar-refractivity contribution in [2.45, 2.75) is 32.2 Å². The number of primary amides is 1. The van der Waals surface area contributed by atoms with Gasteiger partial charge < -0.3 is 10.8 Å². The first kappa shape index (κ1) is 19.2. The summed E-state index contributed by atoms with van der Waals surface area (Å²) >= 11 is 7.94. The van der Waals surface area contributed by atoms with Crippen molar-refractivity contribution in [3.8, 4) is 5.88 Å². The summed E-state index contributed by atoms with van der Waals surface area (Å²) in [5.41, 5.74) is 6.40.